The number of pyridine rings is 1. The molecule has 0 radical (unpaired) electrons. The monoisotopic (exact) mass is 419 g/mol. The molecule has 2 aromatic carbocycles. The maximum absolute atomic E-state index is 12.7. The molecule has 5 nitrogen and oxygen atoms in total. The Morgan fingerprint density at radius 2 is 1.86 bits per heavy atom. The van der Waals surface area contributed by atoms with Crippen LogP contribution in [0.2, 0.25) is 10.0 Å². The number of rotatable bonds is 5. The number of nitrogens with one attached hydrogen (secondary N) is 1. The highest BCUT2D eigenvalue weighted by Gasteiger charge is 2.16. The summed E-state index contributed by atoms with van der Waals surface area (Å²) in [5.74, 6) is 0.0392. The molecular weight excluding hydrogens is 401 g/mol. The van der Waals surface area contributed by atoms with E-state index in [1.54, 1.807) is 12.1 Å². The van der Waals surface area contributed by atoms with Gasteiger partial charge in [-0.25, -0.2) is 4.79 Å². The molecule has 0 saturated heterocycles. The van der Waals surface area contributed by atoms with Crippen LogP contribution < -0.4 is 10.3 Å². The van der Waals surface area contributed by atoms with Gasteiger partial charge in [0.15, 0.2) is 6.61 Å². The molecule has 0 aliphatic carbocycles. The second-order valence-electron chi connectivity index (χ2n) is 6.53. The van der Waals surface area contributed by atoms with Gasteiger partial charge >= 0.3 is 5.97 Å². The minimum absolute atomic E-state index is 0.180. The zero-order valence-corrected chi connectivity index (χ0v) is 17.2. The molecule has 1 heterocycles. The van der Waals surface area contributed by atoms with Crippen LogP contribution in [-0.2, 0) is 16.0 Å². The molecule has 1 aromatic heterocycles. The van der Waals surface area contributed by atoms with Crippen LogP contribution in [0.25, 0.3) is 10.9 Å². The highest BCUT2D eigenvalue weighted by Crippen LogP contribution is 2.31. The molecule has 0 amide bonds. The van der Waals surface area contributed by atoms with E-state index in [0.717, 1.165) is 22.1 Å². The summed E-state index contributed by atoms with van der Waals surface area (Å²) in [6.45, 7) is 3.54. The maximum Gasteiger partial charge on any atom is 0.343 e. The Kier molecular flexibility index (Phi) is 5.96. The smallest absolute Gasteiger partial charge is 0.343 e. The standard InChI is InChI=1S/C21H19Cl2NO4/c1-11-6-17-20(18(7-11)28-10-19(25)27-3)12(2)14(21(26)24-17)8-13-4-5-15(22)16(23)9-13/h4-7,9H,8,10H2,1-3H3,(H,24,26). The van der Waals surface area contributed by atoms with Gasteiger partial charge in [0.2, 0.25) is 0 Å². The normalized spacial score (nSPS) is 10.9. The van der Waals surface area contributed by atoms with Crippen molar-refractivity contribution in [3.05, 3.63) is 73.0 Å². The zero-order chi connectivity index (χ0) is 20.4. The summed E-state index contributed by atoms with van der Waals surface area (Å²) in [6, 6.07) is 8.99. The molecule has 0 unspecified atom stereocenters. The minimum atomic E-state index is -0.479. The van der Waals surface area contributed by atoms with Gasteiger partial charge in [0.25, 0.3) is 5.56 Å². The molecule has 0 aliphatic heterocycles. The molecule has 146 valence electrons. The largest absolute Gasteiger partial charge is 0.481 e. The Balaban J connectivity index is 2.11. The molecule has 0 saturated carbocycles. The molecule has 0 bridgehead atoms. The fourth-order valence-corrected chi connectivity index (χ4v) is 3.45. The summed E-state index contributed by atoms with van der Waals surface area (Å²) in [6.07, 6.45) is 0.387. The molecule has 3 rings (SSSR count). The number of hydrogen-bond acceptors (Lipinski definition) is 4. The van der Waals surface area contributed by atoms with E-state index >= 15 is 0 Å². The molecule has 0 atom stereocenters. The van der Waals surface area contributed by atoms with E-state index in [1.165, 1.54) is 7.11 Å². The van der Waals surface area contributed by atoms with Crippen LogP contribution in [0.4, 0.5) is 0 Å². The first kappa shape index (κ1) is 20.2. The molecular formula is C21H19Cl2NO4. The third-order valence-electron chi connectivity index (χ3n) is 4.53. The van der Waals surface area contributed by atoms with Crippen LogP contribution in [0.1, 0.15) is 22.3 Å². The summed E-state index contributed by atoms with van der Waals surface area (Å²) >= 11 is 12.1. The van der Waals surface area contributed by atoms with Gasteiger partial charge in [0, 0.05) is 17.4 Å². The lowest BCUT2D eigenvalue weighted by Gasteiger charge is -2.15. The van der Waals surface area contributed by atoms with Crippen molar-refractivity contribution in [2.45, 2.75) is 20.3 Å². The van der Waals surface area contributed by atoms with Crippen molar-refractivity contribution < 1.29 is 14.3 Å². The zero-order valence-electron chi connectivity index (χ0n) is 15.7. The second kappa shape index (κ2) is 8.25. The van der Waals surface area contributed by atoms with Crippen molar-refractivity contribution >= 4 is 40.1 Å². The number of aromatic amines is 1. The van der Waals surface area contributed by atoms with Crippen molar-refractivity contribution in [1.82, 2.24) is 4.98 Å². The molecule has 1 N–H and O–H groups in total. The third-order valence-corrected chi connectivity index (χ3v) is 5.27. The van der Waals surface area contributed by atoms with E-state index < -0.39 is 5.97 Å². The first-order valence-electron chi connectivity index (χ1n) is 8.59. The first-order valence-corrected chi connectivity index (χ1v) is 9.35. The number of hydrogen-bond donors (Lipinski definition) is 1. The number of halogens is 2. The summed E-state index contributed by atoms with van der Waals surface area (Å²) in [5.41, 5.74) is 3.62. The van der Waals surface area contributed by atoms with Crippen molar-refractivity contribution in [1.29, 1.82) is 0 Å². The summed E-state index contributed by atoms with van der Waals surface area (Å²) in [4.78, 5) is 27.1. The van der Waals surface area contributed by atoms with Crippen molar-refractivity contribution in [2.75, 3.05) is 13.7 Å². The van der Waals surface area contributed by atoms with Gasteiger partial charge in [-0.1, -0.05) is 29.3 Å². The number of fused-ring (bicyclic) bond motifs is 1. The lowest BCUT2D eigenvalue weighted by Crippen LogP contribution is -2.17. The number of ether oxygens (including phenoxy) is 2. The Morgan fingerprint density at radius 1 is 1.11 bits per heavy atom. The number of esters is 1. The average Bonchev–Trinajstić information content (AvgIpc) is 2.65. The van der Waals surface area contributed by atoms with Crippen LogP contribution in [-0.4, -0.2) is 24.7 Å². The number of methoxy groups -OCH3 is 1. The minimum Gasteiger partial charge on any atom is -0.481 e. The Morgan fingerprint density at radius 3 is 2.54 bits per heavy atom. The summed E-state index contributed by atoms with van der Waals surface area (Å²) in [7, 11) is 1.30. The number of H-pyrrole nitrogens is 1. The second-order valence-corrected chi connectivity index (χ2v) is 7.35. The van der Waals surface area contributed by atoms with Gasteiger partial charge in [0.05, 0.1) is 22.7 Å². The SMILES string of the molecule is COC(=O)COc1cc(C)cc2[nH]c(=O)c(Cc3ccc(Cl)c(Cl)c3)c(C)c12. The fraction of sp³-hybridized carbons (Fsp3) is 0.238. The van der Waals surface area contributed by atoms with Crippen LogP contribution in [0.5, 0.6) is 5.75 Å². The van der Waals surface area contributed by atoms with E-state index in [-0.39, 0.29) is 12.2 Å². The van der Waals surface area contributed by atoms with Crippen LogP contribution in [0.15, 0.2) is 35.1 Å². The van der Waals surface area contributed by atoms with E-state index in [2.05, 4.69) is 9.72 Å². The van der Waals surface area contributed by atoms with E-state index in [0.29, 0.717) is 33.3 Å². The van der Waals surface area contributed by atoms with Crippen molar-refractivity contribution in [2.24, 2.45) is 0 Å². The van der Waals surface area contributed by atoms with Crippen molar-refractivity contribution in [3.8, 4) is 5.75 Å². The van der Waals surface area contributed by atoms with E-state index in [9.17, 15) is 9.59 Å². The first-order chi connectivity index (χ1) is 13.3. The highest BCUT2D eigenvalue weighted by molar-refractivity contribution is 6.42. The van der Waals surface area contributed by atoms with Gasteiger partial charge in [0.1, 0.15) is 5.75 Å². The summed E-state index contributed by atoms with van der Waals surface area (Å²) in [5, 5.41) is 1.65. The van der Waals surface area contributed by atoms with Crippen LogP contribution in [0, 0.1) is 13.8 Å². The Bertz CT molecular complexity index is 1120. The lowest BCUT2D eigenvalue weighted by atomic mass is 9.97. The number of aryl methyl sites for hydroxylation is 2. The lowest BCUT2D eigenvalue weighted by molar-refractivity contribution is -0.142. The van der Waals surface area contributed by atoms with Gasteiger partial charge < -0.3 is 14.5 Å². The predicted octanol–water partition coefficient (Wildman–Crippen LogP) is 4.59. The number of carbonyl (C=O) groups is 1. The third kappa shape index (κ3) is 4.16. The molecule has 0 spiro atoms. The van der Waals surface area contributed by atoms with E-state index in [4.69, 9.17) is 27.9 Å². The van der Waals surface area contributed by atoms with Gasteiger partial charge in [-0.3, -0.25) is 4.79 Å². The van der Waals surface area contributed by atoms with Crippen LogP contribution in [0.3, 0.4) is 0 Å². The molecule has 7 heteroatoms. The molecule has 0 fully saturated rings. The average molecular weight is 420 g/mol. The fourth-order valence-electron chi connectivity index (χ4n) is 3.13. The molecule has 28 heavy (non-hydrogen) atoms. The maximum atomic E-state index is 12.7. The topological polar surface area (TPSA) is 68.4 Å². The summed E-state index contributed by atoms with van der Waals surface area (Å²) < 4.78 is 10.3. The molecule has 0 aliphatic rings. The number of benzene rings is 2. The quantitative estimate of drug-likeness (QED) is 0.613. The number of carbonyl (C=O) groups excluding carboxylic acids is 1. The van der Waals surface area contributed by atoms with Gasteiger partial charge in [-0.15, -0.1) is 0 Å². The Labute approximate surface area is 172 Å². The van der Waals surface area contributed by atoms with E-state index in [1.807, 2.05) is 32.0 Å². The predicted molar refractivity (Wildman–Crippen MR) is 111 cm³/mol. The van der Waals surface area contributed by atoms with Gasteiger partial charge in [-0.2, -0.15) is 0 Å². The Hall–Kier alpha value is -2.50. The highest BCUT2D eigenvalue weighted by atomic mass is 35.5. The number of aromatic nitrogens is 1. The van der Waals surface area contributed by atoms with Crippen molar-refractivity contribution in [3.63, 3.8) is 0 Å². The molecule has 3 aromatic rings. The van der Waals surface area contributed by atoms with Gasteiger partial charge in [-0.05, 0) is 54.8 Å². The van der Waals surface area contributed by atoms with Crippen LogP contribution >= 0.6 is 23.2 Å².